The van der Waals surface area contributed by atoms with E-state index in [2.05, 4.69) is 5.92 Å². The fourth-order valence-electron chi connectivity index (χ4n) is 0.687. The van der Waals surface area contributed by atoms with Crippen molar-refractivity contribution in [3.8, 4) is 12.3 Å². The minimum absolute atomic E-state index is 0.942. The van der Waals surface area contributed by atoms with E-state index in [9.17, 15) is 0 Å². The van der Waals surface area contributed by atoms with Crippen LogP contribution in [-0.2, 0) is 0 Å². The van der Waals surface area contributed by atoms with Crippen molar-refractivity contribution in [2.75, 3.05) is 6.26 Å². The van der Waals surface area contributed by atoms with Gasteiger partial charge in [-0.1, -0.05) is 5.92 Å². The molecule has 0 fully saturated rings. The van der Waals surface area contributed by atoms with Crippen LogP contribution < -0.4 is 0 Å². The molecule has 50 valence electrons. The summed E-state index contributed by atoms with van der Waals surface area (Å²) in [6.45, 7) is 0. The molecule has 0 radical (unpaired) electrons. The smallest absolute Gasteiger partial charge is 0.0243 e. The topological polar surface area (TPSA) is 0 Å². The molecule has 0 saturated heterocycles. The van der Waals surface area contributed by atoms with E-state index in [1.165, 1.54) is 4.90 Å². The Morgan fingerprint density at radius 3 is 2.30 bits per heavy atom. The molecule has 0 atom stereocenters. The molecule has 0 unspecified atom stereocenters. The first-order chi connectivity index (χ1) is 4.86. The number of hydrogen-bond donors (Lipinski definition) is 0. The van der Waals surface area contributed by atoms with Crippen LogP contribution in [0, 0.1) is 12.3 Å². The number of hydrogen-bond acceptors (Lipinski definition) is 1. The maximum absolute atomic E-state index is 5.18. The lowest BCUT2D eigenvalue weighted by atomic mass is 10.2. The summed E-state index contributed by atoms with van der Waals surface area (Å²) in [6.07, 6.45) is 7.23. The lowest BCUT2D eigenvalue weighted by molar-refractivity contribution is 1.45. The highest BCUT2D eigenvalue weighted by molar-refractivity contribution is 7.98. The summed E-state index contributed by atoms with van der Waals surface area (Å²) in [4.78, 5) is 1.25. The van der Waals surface area contributed by atoms with Crippen LogP contribution in [0.2, 0.25) is 0 Å². The zero-order valence-corrected chi connectivity index (χ0v) is 6.61. The van der Waals surface area contributed by atoms with E-state index < -0.39 is 0 Å². The van der Waals surface area contributed by atoms with Crippen LogP contribution >= 0.6 is 11.8 Å². The van der Waals surface area contributed by atoms with Gasteiger partial charge in [-0.2, -0.15) is 0 Å². The van der Waals surface area contributed by atoms with Gasteiger partial charge >= 0.3 is 0 Å². The van der Waals surface area contributed by atoms with Gasteiger partial charge in [0.2, 0.25) is 0 Å². The summed E-state index contributed by atoms with van der Waals surface area (Å²) < 4.78 is 0. The second-order valence-corrected chi connectivity index (χ2v) is 2.75. The number of rotatable bonds is 1. The summed E-state index contributed by atoms with van der Waals surface area (Å²) in [5.41, 5.74) is 0.942. The minimum Gasteiger partial charge on any atom is -0.130 e. The van der Waals surface area contributed by atoms with Gasteiger partial charge in [-0.15, -0.1) is 18.2 Å². The average Bonchev–Trinajstić information content (AvgIpc) is 2.05. The first-order valence-corrected chi connectivity index (χ1v) is 4.20. The Morgan fingerprint density at radius 2 is 1.90 bits per heavy atom. The van der Waals surface area contributed by atoms with Crippen molar-refractivity contribution in [1.82, 2.24) is 0 Å². The van der Waals surface area contributed by atoms with E-state index in [0.717, 1.165) is 5.56 Å². The van der Waals surface area contributed by atoms with Gasteiger partial charge in [-0.25, -0.2) is 0 Å². The quantitative estimate of drug-likeness (QED) is 0.435. The van der Waals surface area contributed by atoms with E-state index in [0.29, 0.717) is 0 Å². The Labute approximate surface area is 65.6 Å². The summed E-state index contributed by atoms with van der Waals surface area (Å²) in [7, 11) is 0. The molecule has 0 aliphatic rings. The van der Waals surface area contributed by atoms with Gasteiger partial charge in [-0.3, -0.25) is 0 Å². The van der Waals surface area contributed by atoms with E-state index in [4.69, 9.17) is 6.42 Å². The fourth-order valence-corrected chi connectivity index (χ4v) is 1.10. The van der Waals surface area contributed by atoms with Crippen LogP contribution in [0.3, 0.4) is 0 Å². The summed E-state index contributed by atoms with van der Waals surface area (Å²) >= 11 is 1.72. The Bertz CT molecular complexity index is 240. The second-order valence-electron chi connectivity index (χ2n) is 1.87. The highest BCUT2D eigenvalue weighted by Crippen LogP contribution is 2.13. The van der Waals surface area contributed by atoms with Crippen LogP contribution in [0.4, 0.5) is 0 Å². The molecule has 0 aromatic heterocycles. The molecule has 0 saturated carbocycles. The van der Waals surface area contributed by atoms with Crippen LogP contribution in [0.15, 0.2) is 29.2 Å². The molecule has 0 amide bonds. The molecular weight excluding hydrogens is 140 g/mol. The predicted molar refractivity (Wildman–Crippen MR) is 46.2 cm³/mol. The third-order valence-electron chi connectivity index (χ3n) is 1.26. The molecule has 0 aliphatic heterocycles. The molecule has 0 spiro atoms. The molecule has 0 bridgehead atoms. The largest absolute Gasteiger partial charge is 0.130 e. The zero-order chi connectivity index (χ0) is 7.40. The first kappa shape index (κ1) is 7.24. The van der Waals surface area contributed by atoms with Crippen LogP contribution in [0.1, 0.15) is 5.56 Å². The van der Waals surface area contributed by atoms with Crippen molar-refractivity contribution in [3.05, 3.63) is 29.8 Å². The van der Waals surface area contributed by atoms with Crippen molar-refractivity contribution < 1.29 is 0 Å². The van der Waals surface area contributed by atoms with Crippen molar-refractivity contribution in [2.45, 2.75) is 4.90 Å². The summed E-state index contributed by atoms with van der Waals surface area (Å²) in [6, 6.07) is 7.96. The molecule has 1 rings (SSSR count). The molecule has 1 aromatic carbocycles. The SMILES string of the molecule is C#Cc1ccc(SC)cc1. The normalized spacial score (nSPS) is 8.80. The number of terminal acetylenes is 1. The van der Waals surface area contributed by atoms with Crippen molar-refractivity contribution in [3.63, 3.8) is 0 Å². The third-order valence-corrected chi connectivity index (χ3v) is 2.00. The van der Waals surface area contributed by atoms with Gasteiger partial charge in [0.25, 0.3) is 0 Å². The molecule has 0 aliphatic carbocycles. The first-order valence-electron chi connectivity index (χ1n) is 2.97. The third kappa shape index (κ3) is 1.55. The molecule has 0 heterocycles. The van der Waals surface area contributed by atoms with Gasteiger partial charge in [-0.05, 0) is 30.5 Å². The molecule has 10 heavy (non-hydrogen) atoms. The Morgan fingerprint density at radius 1 is 1.30 bits per heavy atom. The summed E-state index contributed by atoms with van der Waals surface area (Å²) in [5.74, 6) is 2.57. The van der Waals surface area contributed by atoms with Gasteiger partial charge < -0.3 is 0 Å². The van der Waals surface area contributed by atoms with Gasteiger partial charge in [0.15, 0.2) is 0 Å². The summed E-state index contributed by atoms with van der Waals surface area (Å²) in [5, 5.41) is 0. The Hall–Kier alpha value is -0.870. The maximum Gasteiger partial charge on any atom is 0.0243 e. The monoisotopic (exact) mass is 148 g/mol. The Kier molecular flexibility index (Phi) is 2.42. The fraction of sp³-hybridized carbons (Fsp3) is 0.111. The van der Waals surface area contributed by atoms with Crippen LogP contribution in [-0.4, -0.2) is 6.26 Å². The van der Waals surface area contributed by atoms with Crippen molar-refractivity contribution >= 4 is 11.8 Å². The van der Waals surface area contributed by atoms with E-state index in [-0.39, 0.29) is 0 Å². The second kappa shape index (κ2) is 3.34. The zero-order valence-electron chi connectivity index (χ0n) is 5.79. The average molecular weight is 148 g/mol. The molecule has 1 aromatic rings. The van der Waals surface area contributed by atoms with E-state index >= 15 is 0 Å². The van der Waals surface area contributed by atoms with Gasteiger partial charge in [0.1, 0.15) is 0 Å². The lowest BCUT2D eigenvalue weighted by Crippen LogP contribution is -1.72. The maximum atomic E-state index is 5.18. The molecule has 0 nitrogen and oxygen atoms in total. The molecular formula is C9H8S. The van der Waals surface area contributed by atoms with E-state index in [1.807, 2.05) is 30.5 Å². The number of benzene rings is 1. The lowest BCUT2D eigenvalue weighted by Gasteiger charge is -1.93. The molecule has 1 heteroatoms. The van der Waals surface area contributed by atoms with Gasteiger partial charge in [0, 0.05) is 10.5 Å². The highest BCUT2D eigenvalue weighted by atomic mass is 32.2. The van der Waals surface area contributed by atoms with E-state index in [1.54, 1.807) is 11.8 Å². The van der Waals surface area contributed by atoms with Gasteiger partial charge in [0.05, 0.1) is 0 Å². The van der Waals surface area contributed by atoms with Crippen molar-refractivity contribution in [2.24, 2.45) is 0 Å². The Balaban J connectivity index is 2.93. The minimum atomic E-state index is 0.942. The highest BCUT2D eigenvalue weighted by Gasteiger charge is 1.87. The number of thioether (sulfide) groups is 1. The van der Waals surface area contributed by atoms with Crippen LogP contribution in [0.5, 0.6) is 0 Å². The molecule has 0 N–H and O–H groups in total. The van der Waals surface area contributed by atoms with Crippen molar-refractivity contribution in [1.29, 1.82) is 0 Å². The predicted octanol–water partition coefficient (Wildman–Crippen LogP) is 2.39. The van der Waals surface area contributed by atoms with Crippen LogP contribution in [0.25, 0.3) is 0 Å². The standard InChI is InChI=1S/C9H8S/c1-3-8-4-6-9(10-2)7-5-8/h1,4-7H,2H3.